The zero-order chi connectivity index (χ0) is 68.2. The predicted octanol–water partition coefficient (Wildman–Crippen LogP) is 8.40. The highest BCUT2D eigenvalue weighted by Gasteiger charge is 2.51. The number of carbonyl (C=O) groups is 3. The van der Waals surface area contributed by atoms with E-state index >= 15 is 0 Å². The van der Waals surface area contributed by atoms with Crippen molar-refractivity contribution in [3.63, 3.8) is 0 Å². The van der Waals surface area contributed by atoms with Crippen LogP contribution in [0.4, 0.5) is 17.5 Å². The van der Waals surface area contributed by atoms with Gasteiger partial charge in [0.2, 0.25) is 17.7 Å². The maximum absolute atomic E-state index is 13.3. The first-order valence-electron chi connectivity index (χ1n) is 31.9. The first-order chi connectivity index (χ1) is 46.6. The molecule has 97 heavy (non-hydrogen) atoms. The number of hydrogen-bond acceptors (Lipinski definition) is 19. The zero-order valence-electron chi connectivity index (χ0n) is 54.6. The number of amides is 3. The van der Waals surface area contributed by atoms with Gasteiger partial charge < -0.3 is 30.9 Å². The second-order valence-electron chi connectivity index (χ2n) is 24.8. The van der Waals surface area contributed by atoms with Crippen LogP contribution in [0.25, 0.3) is 51.5 Å². The van der Waals surface area contributed by atoms with Crippen LogP contribution in [-0.2, 0) is 49.9 Å². The lowest BCUT2D eigenvalue weighted by Gasteiger charge is -2.22. The van der Waals surface area contributed by atoms with Crippen molar-refractivity contribution in [3.05, 3.63) is 202 Å². The number of pyridine rings is 1. The maximum Gasteiger partial charge on any atom is 0.258 e. The molecule has 6 N–H and O–H groups in total. The average molecular weight is 1320 g/mol. The van der Waals surface area contributed by atoms with Gasteiger partial charge in [0, 0.05) is 11.2 Å². The molecule has 12 aromatic rings. The van der Waals surface area contributed by atoms with Crippen LogP contribution in [0.1, 0.15) is 147 Å². The molecule has 28 nitrogen and oxygen atoms in total. The SMILES string of the molecule is CCCCc1nc(-c2nc3c(c(=O)[nH]2)C(C)(c2ccc(C)cn2)C(=O)N3)cn2ncnc12.CCCCc1nc(-c2nc3c(c(=O)[nH]2)C(C)(c2ccc(Cl)c(C)c2)C(=O)N3)cn2ncnc12.CCCCc1nc(-c2nc3c(c(=O)[nH]2)[C@](C)(c2ccc(C)cc2)C(=O)N3)cn2ncnc12. The van der Waals surface area contributed by atoms with Crippen molar-refractivity contribution in [1.82, 2.24) is 93.6 Å². The highest BCUT2D eigenvalue weighted by Crippen LogP contribution is 2.43. The largest absolute Gasteiger partial charge is 0.309 e. The lowest BCUT2D eigenvalue weighted by molar-refractivity contribution is -0.119. The summed E-state index contributed by atoms with van der Waals surface area (Å²) < 4.78 is 4.88. The summed E-state index contributed by atoms with van der Waals surface area (Å²) in [5.41, 5.74) is 6.59. The van der Waals surface area contributed by atoms with E-state index in [1.807, 2.05) is 57.2 Å². The fourth-order valence-electron chi connectivity index (χ4n) is 12.4. The van der Waals surface area contributed by atoms with Crippen molar-refractivity contribution >= 4 is 63.7 Å². The molecule has 13 heterocycles. The van der Waals surface area contributed by atoms with E-state index in [9.17, 15) is 28.8 Å². The van der Waals surface area contributed by atoms with E-state index in [4.69, 9.17) is 21.6 Å². The van der Waals surface area contributed by atoms with Gasteiger partial charge >= 0.3 is 0 Å². The van der Waals surface area contributed by atoms with Gasteiger partial charge in [-0.25, -0.2) is 58.4 Å². The normalized spacial score (nSPS) is 17.5. The van der Waals surface area contributed by atoms with E-state index in [-0.39, 0.29) is 69.3 Å². The second kappa shape index (κ2) is 25.4. The Labute approximate surface area is 557 Å². The van der Waals surface area contributed by atoms with E-state index in [0.29, 0.717) is 55.9 Å². The molecule has 3 aliphatic rings. The molecular formula is C68H67ClN22O6. The van der Waals surface area contributed by atoms with Crippen LogP contribution in [0.15, 0.2) is 113 Å². The summed E-state index contributed by atoms with van der Waals surface area (Å²) in [6.07, 6.45) is 19.2. The fourth-order valence-corrected chi connectivity index (χ4v) is 12.6. The van der Waals surface area contributed by atoms with Crippen molar-refractivity contribution < 1.29 is 14.4 Å². The molecule has 0 radical (unpaired) electrons. The molecular weight excluding hydrogens is 1260 g/mol. The van der Waals surface area contributed by atoms with E-state index in [0.717, 1.165) is 97.1 Å². The van der Waals surface area contributed by atoms with Gasteiger partial charge in [-0.3, -0.25) is 33.8 Å². The number of unbranched alkanes of at least 4 members (excludes halogenated alkanes) is 3. The number of fused-ring (bicyclic) bond motifs is 6. The van der Waals surface area contributed by atoms with Gasteiger partial charge in [-0.2, -0.15) is 15.3 Å². The van der Waals surface area contributed by atoms with E-state index in [2.05, 4.69) is 107 Å². The first-order valence-corrected chi connectivity index (χ1v) is 32.3. The molecule has 15 rings (SSSR count). The van der Waals surface area contributed by atoms with Crippen LogP contribution in [0.2, 0.25) is 5.02 Å². The number of anilines is 3. The monoisotopic (exact) mass is 1320 g/mol. The Morgan fingerprint density at radius 2 is 0.814 bits per heavy atom. The number of rotatable bonds is 15. The number of aryl methyl sites for hydroxylation is 6. The summed E-state index contributed by atoms with van der Waals surface area (Å²) in [4.78, 5) is 132. The molecule has 3 atom stereocenters. The molecule has 492 valence electrons. The molecule has 3 amide bonds. The van der Waals surface area contributed by atoms with Crippen LogP contribution < -0.4 is 32.6 Å². The number of benzene rings is 2. The molecule has 0 aliphatic carbocycles. The molecule has 0 saturated carbocycles. The Balaban J connectivity index is 0.000000131. The second-order valence-corrected chi connectivity index (χ2v) is 25.2. The third-order valence-electron chi connectivity index (χ3n) is 18.1. The number of aromatic amines is 3. The fraction of sp³-hybridized carbons (Fsp3) is 0.309. The molecule has 10 aromatic heterocycles. The topological polar surface area (TPSA) is 367 Å². The third kappa shape index (κ3) is 11.3. The quantitative estimate of drug-likeness (QED) is 0.0561. The van der Waals surface area contributed by atoms with Gasteiger partial charge in [0.05, 0.1) is 58.1 Å². The Morgan fingerprint density at radius 1 is 0.443 bits per heavy atom. The molecule has 3 aliphatic heterocycles. The van der Waals surface area contributed by atoms with Gasteiger partial charge in [-0.05, 0) is 114 Å². The van der Waals surface area contributed by atoms with Gasteiger partial charge in [-0.15, -0.1) is 0 Å². The van der Waals surface area contributed by atoms with Crippen molar-refractivity contribution in [1.29, 1.82) is 0 Å². The minimum atomic E-state index is -1.24. The highest BCUT2D eigenvalue weighted by atomic mass is 35.5. The van der Waals surface area contributed by atoms with Gasteiger partial charge in [-0.1, -0.05) is 99.7 Å². The summed E-state index contributed by atoms with van der Waals surface area (Å²) in [5.74, 6) is 0.536. The van der Waals surface area contributed by atoms with Gasteiger partial charge in [0.25, 0.3) is 16.7 Å². The van der Waals surface area contributed by atoms with Crippen molar-refractivity contribution in [3.8, 4) is 34.6 Å². The van der Waals surface area contributed by atoms with E-state index in [1.165, 1.54) is 19.0 Å². The zero-order valence-corrected chi connectivity index (χ0v) is 55.3. The molecule has 0 spiro atoms. The van der Waals surface area contributed by atoms with Crippen molar-refractivity contribution in [2.24, 2.45) is 0 Å². The molecule has 0 saturated heterocycles. The third-order valence-corrected chi connectivity index (χ3v) is 18.6. The average Bonchev–Trinajstić information content (AvgIpc) is 1.59. The molecule has 0 bridgehead atoms. The maximum atomic E-state index is 13.3. The Bertz CT molecular complexity index is 5110. The smallest absolute Gasteiger partial charge is 0.258 e. The Hall–Kier alpha value is -11.4. The molecule has 0 fully saturated rings. The van der Waals surface area contributed by atoms with Crippen LogP contribution >= 0.6 is 11.6 Å². The van der Waals surface area contributed by atoms with Crippen molar-refractivity contribution in [2.75, 3.05) is 16.0 Å². The highest BCUT2D eigenvalue weighted by molar-refractivity contribution is 6.31. The number of aromatic nitrogens is 19. The van der Waals surface area contributed by atoms with Crippen molar-refractivity contribution in [2.45, 2.75) is 136 Å². The number of hydrogen-bond donors (Lipinski definition) is 6. The number of nitrogens with one attached hydrogen (secondary N) is 6. The summed E-state index contributed by atoms with van der Waals surface area (Å²) in [5, 5.41) is 21.6. The minimum absolute atomic E-state index is 0.217. The summed E-state index contributed by atoms with van der Waals surface area (Å²) in [6.45, 7) is 17.2. The summed E-state index contributed by atoms with van der Waals surface area (Å²) >= 11 is 6.17. The molecule has 2 aromatic carbocycles. The lowest BCUT2D eigenvalue weighted by Crippen LogP contribution is -2.37. The summed E-state index contributed by atoms with van der Waals surface area (Å²) in [7, 11) is 0. The number of nitrogens with zero attached hydrogens (tertiary/aromatic N) is 16. The first kappa shape index (κ1) is 64.3. The van der Waals surface area contributed by atoms with Crippen LogP contribution in [-0.4, -0.2) is 111 Å². The standard InChI is InChI=1S/C23H22ClN7O2.C23H23N7O2.C22H22N8O2/c1-4-5-6-15-20-25-11-26-31(20)10-16(27-15)18-28-19-17(21(32)29-18)23(3,22(33)30-19)13-7-8-14(24)12(2)9-13;1-4-5-6-15-20-24-12-25-30(20)11-16(26-15)18-27-19-17(21(31)28-18)23(3,22(32)29-19)14-9-7-13(2)8-10-14;1-4-5-6-13-19-24-11-25-30(19)10-14(26-13)17-27-18-16(20(31)28-17)22(3,21(32)29-18)15-8-7-12(2)9-23-15/h7-11H,4-6H2,1-3H3,(H2,28,29,30,32,33);7-12H,4-6H2,1-3H3,(H2,27,28,29,31,32);7-11H,4-6H2,1-3H3,(H2,27,28,29,31,32)/t;23-;/m.0./s1. The number of carbonyl (C=O) groups excluding carboxylic acids is 3. The number of H-pyrrole nitrogens is 3. The molecule has 2 unspecified atom stereocenters. The molecule has 29 heteroatoms. The number of halogens is 1. The minimum Gasteiger partial charge on any atom is -0.309 e. The van der Waals surface area contributed by atoms with Gasteiger partial charge in [0.1, 0.15) is 69.8 Å². The lowest BCUT2D eigenvalue weighted by atomic mass is 9.77. The van der Waals surface area contributed by atoms with E-state index in [1.54, 1.807) is 77.3 Å². The Morgan fingerprint density at radius 3 is 1.20 bits per heavy atom. The van der Waals surface area contributed by atoms with E-state index < -0.39 is 27.4 Å². The summed E-state index contributed by atoms with van der Waals surface area (Å²) in [6, 6.07) is 16.5. The van der Waals surface area contributed by atoms with Gasteiger partial charge in [0.15, 0.2) is 34.4 Å². The predicted molar refractivity (Wildman–Crippen MR) is 361 cm³/mol. The van der Waals surface area contributed by atoms with Crippen LogP contribution in [0.5, 0.6) is 0 Å². The van der Waals surface area contributed by atoms with Crippen LogP contribution in [0.3, 0.4) is 0 Å². The Kier molecular flexibility index (Phi) is 16.8. The van der Waals surface area contributed by atoms with Crippen LogP contribution in [0, 0.1) is 20.8 Å².